The van der Waals surface area contributed by atoms with E-state index in [2.05, 4.69) is 10.6 Å². The van der Waals surface area contributed by atoms with Crippen molar-refractivity contribution in [2.24, 2.45) is 0 Å². The van der Waals surface area contributed by atoms with Gasteiger partial charge in [-0.2, -0.15) is 0 Å². The molecule has 0 heterocycles. The number of rotatable bonds is 8. The summed E-state index contributed by atoms with van der Waals surface area (Å²) in [6, 6.07) is 20.5. The van der Waals surface area contributed by atoms with E-state index >= 15 is 0 Å². The Morgan fingerprint density at radius 2 is 1.57 bits per heavy atom. The number of carbonyl (C=O) groups excluding carboxylic acids is 2. The van der Waals surface area contributed by atoms with Crippen molar-refractivity contribution >= 4 is 23.3 Å². The van der Waals surface area contributed by atoms with E-state index in [1.165, 1.54) is 24.3 Å². The molecule has 0 aliphatic carbocycles. The van der Waals surface area contributed by atoms with Crippen molar-refractivity contribution in [2.45, 2.75) is 39.4 Å². The van der Waals surface area contributed by atoms with E-state index in [0.717, 1.165) is 16.8 Å². The number of hydrogen-bond donors (Lipinski definition) is 2. The van der Waals surface area contributed by atoms with E-state index in [0.29, 0.717) is 17.8 Å². The predicted molar refractivity (Wildman–Crippen MR) is 139 cm³/mol. The van der Waals surface area contributed by atoms with Gasteiger partial charge in [0.2, 0.25) is 0 Å². The van der Waals surface area contributed by atoms with E-state index in [1.807, 2.05) is 88.3 Å². The molecule has 3 rings (SSSR count). The molecule has 0 bridgehead atoms. The monoisotopic (exact) mass is 476 g/mol. The standard InChI is InChI=1S/C28H33FN4O2/c1-19(2)30-28(35)31-25-15-16-26(32(4)5)23(17-25)18-33(20(3)21-9-7-6-8-10-21)27(34)22-11-13-24(29)14-12-22/h6-17,19-20H,18H2,1-5H3,(H2,30,31,35). The highest BCUT2D eigenvalue weighted by Gasteiger charge is 2.25. The molecule has 3 amide bonds. The highest BCUT2D eigenvalue weighted by molar-refractivity contribution is 5.94. The molecule has 35 heavy (non-hydrogen) atoms. The lowest BCUT2D eigenvalue weighted by Crippen LogP contribution is -2.35. The summed E-state index contributed by atoms with van der Waals surface area (Å²) in [5.41, 5.74) is 3.82. The van der Waals surface area contributed by atoms with E-state index in [9.17, 15) is 14.0 Å². The molecular formula is C28H33FN4O2. The van der Waals surface area contributed by atoms with Crippen LogP contribution in [0.1, 0.15) is 48.3 Å². The zero-order valence-electron chi connectivity index (χ0n) is 20.9. The average molecular weight is 477 g/mol. The summed E-state index contributed by atoms with van der Waals surface area (Å²) in [6.07, 6.45) is 0. The predicted octanol–water partition coefficient (Wildman–Crippen LogP) is 5.83. The second-order valence-corrected chi connectivity index (χ2v) is 9.02. The van der Waals surface area contributed by atoms with Gasteiger partial charge in [0.1, 0.15) is 5.82 Å². The molecule has 3 aromatic rings. The van der Waals surface area contributed by atoms with Gasteiger partial charge in [0, 0.05) is 43.6 Å². The van der Waals surface area contributed by atoms with Crippen LogP contribution in [-0.2, 0) is 6.54 Å². The third kappa shape index (κ3) is 6.82. The lowest BCUT2D eigenvalue weighted by Gasteiger charge is -2.32. The van der Waals surface area contributed by atoms with Crippen molar-refractivity contribution in [2.75, 3.05) is 24.3 Å². The first kappa shape index (κ1) is 25.7. The molecule has 3 aromatic carbocycles. The Hall–Kier alpha value is -3.87. The van der Waals surface area contributed by atoms with Crippen LogP contribution in [-0.4, -0.2) is 37.0 Å². The average Bonchev–Trinajstić information content (AvgIpc) is 2.82. The van der Waals surface area contributed by atoms with Crippen molar-refractivity contribution < 1.29 is 14.0 Å². The fourth-order valence-corrected chi connectivity index (χ4v) is 3.89. The fraction of sp³-hybridized carbons (Fsp3) is 0.286. The van der Waals surface area contributed by atoms with Gasteiger partial charge < -0.3 is 20.4 Å². The number of carbonyl (C=O) groups is 2. The Balaban J connectivity index is 2.00. The van der Waals surface area contributed by atoms with E-state index in [4.69, 9.17) is 0 Å². The number of anilines is 2. The summed E-state index contributed by atoms with van der Waals surface area (Å²) < 4.78 is 13.5. The zero-order valence-corrected chi connectivity index (χ0v) is 20.9. The maximum Gasteiger partial charge on any atom is 0.319 e. The zero-order chi connectivity index (χ0) is 25.5. The Labute approximate surface area is 206 Å². The molecule has 0 saturated carbocycles. The van der Waals surface area contributed by atoms with E-state index < -0.39 is 5.82 Å². The van der Waals surface area contributed by atoms with Gasteiger partial charge in [-0.05, 0) is 74.4 Å². The topological polar surface area (TPSA) is 64.7 Å². The minimum atomic E-state index is -0.391. The van der Waals surface area contributed by atoms with Crippen LogP contribution in [0.4, 0.5) is 20.6 Å². The molecule has 1 unspecified atom stereocenters. The van der Waals surface area contributed by atoms with Gasteiger partial charge in [0.05, 0.1) is 6.04 Å². The van der Waals surface area contributed by atoms with Crippen molar-refractivity contribution in [1.29, 1.82) is 0 Å². The number of amides is 3. The van der Waals surface area contributed by atoms with Gasteiger partial charge in [-0.3, -0.25) is 4.79 Å². The quantitative estimate of drug-likeness (QED) is 0.430. The third-order valence-electron chi connectivity index (χ3n) is 5.68. The number of nitrogens with zero attached hydrogens (tertiary/aromatic N) is 2. The lowest BCUT2D eigenvalue weighted by molar-refractivity contribution is 0.0674. The van der Waals surface area contributed by atoms with Gasteiger partial charge in [-0.15, -0.1) is 0 Å². The SMILES string of the molecule is CC(C)NC(=O)Nc1ccc(N(C)C)c(CN(C(=O)c2ccc(F)cc2)C(C)c2ccccc2)c1. The first-order valence-corrected chi connectivity index (χ1v) is 11.6. The highest BCUT2D eigenvalue weighted by atomic mass is 19.1. The molecule has 6 nitrogen and oxygen atoms in total. The summed E-state index contributed by atoms with van der Waals surface area (Å²) in [5.74, 6) is -0.598. The first-order valence-electron chi connectivity index (χ1n) is 11.6. The lowest BCUT2D eigenvalue weighted by atomic mass is 10.0. The number of hydrogen-bond acceptors (Lipinski definition) is 3. The van der Waals surface area contributed by atoms with E-state index in [-0.39, 0.29) is 24.0 Å². The summed E-state index contributed by atoms with van der Waals surface area (Å²) in [6.45, 7) is 6.06. The summed E-state index contributed by atoms with van der Waals surface area (Å²) in [4.78, 5) is 29.7. The fourth-order valence-electron chi connectivity index (χ4n) is 3.89. The van der Waals surface area contributed by atoms with Crippen molar-refractivity contribution in [1.82, 2.24) is 10.2 Å². The molecule has 0 aromatic heterocycles. The molecule has 0 fully saturated rings. The molecule has 0 aliphatic rings. The largest absolute Gasteiger partial charge is 0.377 e. The smallest absolute Gasteiger partial charge is 0.319 e. The minimum absolute atomic E-state index is 0.00561. The van der Waals surface area contributed by atoms with Crippen molar-refractivity contribution in [3.63, 3.8) is 0 Å². The number of halogens is 1. The van der Waals surface area contributed by atoms with Crippen LogP contribution in [0.3, 0.4) is 0 Å². The summed E-state index contributed by atoms with van der Waals surface area (Å²) in [5, 5.41) is 5.68. The number of benzene rings is 3. The highest BCUT2D eigenvalue weighted by Crippen LogP contribution is 2.30. The van der Waals surface area contributed by atoms with E-state index in [1.54, 1.807) is 4.90 Å². The molecule has 0 aliphatic heterocycles. The molecule has 0 saturated heterocycles. The van der Waals surface area contributed by atoms with Gasteiger partial charge >= 0.3 is 6.03 Å². The van der Waals surface area contributed by atoms with Crippen LogP contribution in [0.15, 0.2) is 72.8 Å². The van der Waals surface area contributed by atoms with Gasteiger partial charge in [-0.1, -0.05) is 30.3 Å². The van der Waals surface area contributed by atoms with Crippen LogP contribution >= 0.6 is 0 Å². The van der Waals surface area contributed by atoms with Crippen LogP contribution in [0.25, 0.3) is 0 Å². The molecule has 1 atom stereocenters. The summed E-state index contributed by atoms with van der Waals surface area (Å²) in [7, 11) is 3.87. The maximum absolute atomic E-state index is 13.7. The molecule has 0 spiro atoms. The second kappa shape index (κ2) is 11.5. The van der Waals surface area contributed by atoms with Crippen LogP contribution in [0.2, 0.25) is 0 Å². The van der Waals surface area contributed by atoms with Crippen LogP contribution in [0.5, 0.6) is 0 Å². The van der Waals surface area contributed by atoms with Crippen molar-refractivity contribution in [3.8, 4) is 0 Å². The Bertz CT molecular complexity index is 1150. The Morgan fingerprint density at radius 3 is 2.17 bits per heavy atom. The summed E-state index contributed by atoms with van der Waals surface area (Å²) >= 11 is 0. The maximum atomic E-state index is 13.7. The van der Waals surface area contributed by atoms with Gasteiger partial charge in [0.25, 0.3) is 5.91 Å². The third-order valence-corrected chi connectivity index (χ3v) is 5.68. The first-order chi connectivity index (χ1) is 16.7. The molecule has 2 N–H and O–H groups in total. The molecular weight excluding hydrogens is 443 g/mol. The van der Waals surface area contributed by atoms with Gasteiger partial charge in [0.15, 0.2) is 0 Å². The van der Waals surface area contributed by atoms with Crippen LogP contribution < -0.4 is 15.5 Å². The number of urea groups is 1. The molecule has 0 radical (unpaired) electrons. The Kier molecular flexibility index (Phi) is 8.47. The molecule has 184 valence electrons. The molecule has 7 heteroatoms. The van der Waals surface area contributed by atoms with Crippen LogP contribution in [0, 0.1) is 5.82 Å². The second-order valence-electron chi connectivity index (χ2n) is 9.02. The Morgan fingerprint density at radius 1 is 0.914 bits per heavy atom. The normalized spacial score (nSPS) is 11.6. The van der Waals surface area contributed by atoms with Crippen molar-refractivity contribution in [3.05, 3.63) is 95.3 Å². The number of nitrogens with one attached hydrogen (secondary N) is 2. The minimum Gasteiger partial charge on any atom is -0.377 e. The van der Waals surface area contributed by atoms with Gasteiger partial charge in [-0.25, -0.2) is 9.18 Å².